The molecule has 0 spiro atoms. The number of carbonyl (C=O) groups excluding carboxylic acids is 1. The SMILES string of the molecule is CC(C)CNc1ncc2c(-c3ccn4ncc(C(=O)NCC5CC(F)(F)C5)c4c3)c[nH]c2n1. The van der Waals surface area contributed by atoms with E-state index in [9.17, 15) is 13.6 Å². The van der Waals surface area contributed by atoms with E-state index in [4.69, 9.17) is 0 Å². The first-order valence-electron chi connectivity index (χ1n) is 11.0. The number of nitrogens with zero attached hydrogens (tertiary/aromatic N) is 4. The predicted octanol–water partition coefficient (Wildman–Crippen LogP) is 4.12. The number of H-pyrrole nitrogens is 1. The standard InChI is InChI=1S/C23H25F2N7O/c1-13(2)8-28-22-29-11-17-16(10-26-20(17)31-22)15-3-4-32-19(5-15)18(12-30-32)21(33)27-9-14-6-23(24,25)7-14/h3-5,10-14H,6-9H2,1-2H3,(H,27,33)(H2,26,28,29,31). The second-order valence-corrected chi connectivity index (χ2v) is 9.08. The molecule has 10 heteroatoms. The van der Waals surface area contributed by atoms with Crippen molar-refractivity contribution in [3.8, 4) is 11.1 Å². The largest absolute Gasteiger partial charge is 0.354 e. The normalized spacial score (nSPS) is 15.8. The fourth-order valence-electron chi connectivity index (χ4n) is 4.11. The first-order chi connectivity index (χ1) is 15.8. The third-order valence-corrected chi connectivity index (χ3v) is 5.90. The van der Waals surface area contributed by atoms with Crippen LogP contribution in [-0.4, -0.2) is 49.5 Å². The molecule has 0 radical (unpaired) electrons. The van der Waals surface area contributed by atoms with E-state index in [-0.39, 0.29) is 31.2 Å². The molecule has 5 rings (SSSR count). The quantitative estimate of drug-likeness (QED) is 0.391. The average molecular weight is 453 g/mol. The van der Waals surface area contributed by atoms with E-state index in [0.717, 1.165) is 28.7 Å². The molecular formula is C23H25F2N7O. The third-order valence-electron chi connectivity index (χ3n) is 5.90. The van der Waals surface area contributed by atoms with Crippen LogP contribution < -0.4 is 10.6 Å². The summed E-state index contributed by atoms with van der Waals surface area (Å²) in [6.07, 6.45) is 6.57. The van der Waals surface area contributed by atoms with E-state index in [1.54, 1.807) is 16.9 Å². The Bertz CT molecular complexity index is 1320. The summed E-state index contributed by atoms with van der Waals surface area (Å²) in [6, 6.07) is 3.79. The fraction of sp³-hybridized carbons (Fsp3) is 0.391. The molecule has 172 valence electrons. The van der Waals surface area contributed by atoms with Crippen LogP contribution in [0, 0.1) is 11.8 Å². The van der Waals surface area contributed by atoms with Gasteiger partial charge in [-0.2, -0.15) is 10.1 Å². The highest BCUT2D eigenvalue weighted by Crippen LogP contribution is 2.41. The van der Waals surface area contributed by atoms with Gasteiger partial charge >= 0.3 is 0 Å². The third kappa shape index (κ3) is 4.24. The number of hydrogen-bond acceptors (Lipinski definition) is 5. The second-order valence-electron chi connectivity index (χ2n) is 9.08. The summed E-state index contributed by atoms with van der Waals surface area (Å²) in [4.78, 5) is 24.9. The summed E-state index contributed by atoms with van der Waals surface area (Å²) in [5.41, 5.74) is 3.55. The fourth-order valence-corrected chi connectivity index (χ4v) is 4.11. The number of aromatic amines is 1. The van der Waals surface area contributed by atoms with E-state index in [1.807, 2.05) is 18.3 Å². The molecular weight excluding hydrogens is 428 g/mol. The molecule has 0 atom stereocenters. The van der Waals surface area contributed by atoms with E-state index in [1.165, 1.54) is 6.20 Å². The van der Waals surface area contributed by atoms with Crippen LogP contribution in [0.5, 0.6) is 0 Å². The molecule has 0 aromatic carbocycles. The minimum absolute atomic E-state index is 0.177. The number of halogens is 2. The molecule has 1 fully saturated rings. The molecule has 0 aliphatic heterocycles. The number of pyridine rings is 1. The lowest BCUT2D eigenvalue weighted by atomic mass is 9.81. The summed E-state index contributed by atoms with van der Waals surface area (Å²) in [5.74, 6) is -2.05. The Hall–Kier alpha value is -3.56. The van der Waals surface area contributed by atoms with Crippen LogP contribution in [-0.2, 0) is 0 Å². The van der Waals surface area contributed by atoms with Crippen LogP contribution in [0.3, 0.4) is 0 Å². The van der Waals surface area contributed by atoms with Crippen LogP contribution in [0.2, 0.25) is 0 Å². The number of fused-ring (bicyclic) bond motifs is 2. The number of amides is 1. The summed E-state index contributed by atoms with van der Waals surface area (Å²) < 4.78 is 27.7. The van der Waals surface area contributed by atoms with Crippen LogP contribution in [0.4, 0.5) is 14.7 Å². The lowest BCUT2D eigenvalue weighted by molar-refractivity contribution is -0.108. The zero-order valence-electron chi connectivity index (χ0n) is 18.4. The molecule has 4 heterocycles. The Labute approximate surface area is 188 Å². The average Bonchev–Trinajstić information content (AvgIpc) is 3.37. The first-order valence-corrected chi connectivity index (χ1v) is 11.0. The molecule has 4 aromatic rings. The van der Waals surface area contributed by atoms with Crippen molar-refractivity contribution >= 4 is 28.4 Å². The monoisotopic (exact) mass is 453 g/mol. The number of nitrogens with one attached hydrogen (secondary N) is 3. The van der Waals surface area contributed by atoms with E-state index in [0.29, 0.717) is 22.9 Å². The summed E-state index contributed by atoms with van der Waals surface area (Å²) in [6.45, 7) is 5.25. The highest BCUT2D eigenvalue weighted by molar-refractivity contribution is 6.02. The van der Waals surface area contributed by atoms with Gasteiger partial charge in [-0.05, 0) is 29.5 Å². The molecule has 1 saturated carbocycles. The smallest absolute Gasteiger partial charge is 0.255 e. The van der Waals surface area contributed by atoms with Crippen LogP contribution in [0.15, 0.2) is 36.9 Å². The van der Waals surface area contributed by atoms with Crippen LogP contribution in [0.25, 0.3) is 27.7 Å². The minimum atomic E-state index is -2.59. The molecule has 33 heavy (non-hydrogen) atoms. The molecule has 4 aromatic heterocycles. The molecule has 0 bridgehead atoms. The van der Waals surface area contributed by atoms with E-state index >= 15 is 0 Å². The van der Waals surface area contributed by atoms with Gasteiger partial charge in [0, 0.05) is 55.5 Å². The van der Waals surface area contributed by atoms with Crippen molar-refractivity contribution in [3.63, 3.8) is 0 Å². The number of anilines is 1. The molecule has 8 nitrogen and oxygen atoms in total. The van der Waals surface area contributed by atoms with Gasteiger partial charge in [-0.1, -0.05) is 13.8 Å². The molecule has 0 unspecified atom stereocenters. The van der Waals surface area contributed by atoms with Crippen LogP contribution in [0.1, 0.15) is 37.0 Å². The lowest BCUT2D eigenvalue weighted by Crippen LogP contribution is -2.42. The lowest BCUT2D eigenvalue weighted by Gasteiger charge is -2.34. The maximum absolute atomic E-state index is 13.0. The zero-order chi connectivity index (χ0) is 23.2. The van der Waals surface area contributed by atoms with Crippen molar-refractivity contribution in [2.24, 2.45) is 11.8 Å². The van der Waals surface area contributed by atoms with Crippen molar-refractivity contribution in [1.82, 2.24) is 29.9 Å². The van der Waals surface area contributed by atoms with Crippen molar-refractivity contribution in [2.45, 2.75) is 32.6 Å². The Balaban J connectivity index is 1.38. The Morgan fingerprint density at radius 1 is 1.33 bits per heavy atom. The van der Waals surface area contributed by atoms with Gasteiger partial charge in [0.25, 0.3) is 5.91 Å². The second kappa shape index (κ2) is 8.09. The molecule has 1 amide bonds. The number of rotatable bonds is 7. The topological polar surface area (TPSA) is 100 Å². The maximum Gasteiger partial charge on any atom is 0.255 e. The van der Waals surface area contributed by atoms with Crippen molar-refractivity contribution in [3.05, 3.63) is 42.5 Å². The number of alkyl halides is 2. The Morgan fingerprint density at radius 2 is 2.15 bits per heavy atom. The molecule has 1 aliphatic carbocycles. The molecule has 0 saturated heterocycles. The van der Waals surface area contributed by atoms with Crippen molar-refractivity contribution in [2.75, 3.05) is 18.4 Å². The van der Waals surface area contributed by atoms with Gasteiger partial charge in [0.2, 0.25) is 11.9 Å². The van der Waals surface area contributed by atoms with Gasteiger partial charge in [-0.15, -0.1) is 0 Å². The maximum atomic E-state index is 13.0. The highest BCUT2D eigenvalue weighted by Gasteiger charge is 2.45. The summed E-state index contributed by atoms with van der Waals surface area (Å²) in [7, 11) is 0. The van der Waals surface area contributed by atoms with Gasteiger partial charge in [0.15, 0.2) is 0 Å². The van der Waals surface area contributed by atoms with Gasteiger partial charge in [0.1, 0.15) is 5.65 Å². The van der Waals surface area contributed by atoms with E-state index in [2.05, 4.69) is 44.5 Å². The van der Waals surface area contributed by atoms with Crippen molar-refractivity contribution in [1.29, 1.82) is 0 Å². The number of aromatic nitrogens is 5. The number of carbonyl (C=O) groups is 1. The predicted molar refractivity (Wildman–Crippen MR) is 121 cm³/mol. The molecule has 3 N–H and O–H groups in total. The molecule has 1 aliphatic rings. The first kappa shape index (κ1) is 21.3. The van der Waals surface area contributed by atoms with Gasteiger partial charge in [-0.25, -0.2) is 18.3 Å². The summed E-state index contributed by atoms with van der Waals surface area (Å²) in [5, 5.41) is 11.1. The minimum Gasteiger partial charge on any atom is -0.354 e. The van der Waals surface area contributed by atoms with Crippen molar-refractivity contribution < 1.29 is 13.6 Å². The Kier molecular flexibility index (Phi) is 5.22. The summed E-state index contributed by atoms with van der Waals surface area (Å²) >= 11 is 0. The highest BCUT2D eigenvalue weighted by atomic mass is 19.3. The van der Waals surface area contributed by atoms with Gasteiger partial charge in [-0.3, -0.25) is 4.79 Å². The van der Waals surface area contributed by atoms with Gasteiger partial charge < -0.3 is 15.6 Å². The van der Waals surface area contributed by atoms with E-state index < -0.39 is 5.92 Å². The zero-order valence-corrected chi connectivity index (χ0v) is 18.4. The number of hydrogen-bond donors (Lipinski definition) is 3. The van der Waals surface area contributed by atoms with Gasteiger partial charge in [0.05, 0.1) is 17.3 Å². The Morgan fingerprint density at radius 3 is 2.91 bits per heavy atom. The van der Waals surface area contributed by atoms with Crippen LogP contribution >= 0.6 is 0 Å².